The Morgan fingerprint density at radius 2 is 0.967 bits per heavy atom. The number of carbonyl (C=O) groups excluding carboxylic acids is 4. The van der Waals surface area contributed by atoms with Gasteiger partial charge in [-0.2, -0.15) is 0 Å². The van der Waals surface area contributed by atoms with Crippen molar-refractivity contribution < 1.29 is 29.0 Å². The Morgan fingerprint density at radius 3 is 1.23 bits per heavy atom. The number of carbonyl (C=O) groups is 4. The fourth-order valence-corrected chi connectivity index (χ4v) is 4.68. The van der Waals surface area contributed by atoms with Crippen molar-refractivity contribution in [3.63, 3.8) is 0 Å². The molecule has 2 saturated heterocycles. The zero-order valence-corrected chi connectivity index (χ0v) is 18.2. The number of benzene rings is 1. The van der Waals surface area contributed by atoms with Gasteiger partial charge < -0.3 is 9.80 Å². The molecule has 8 nitrogen and oxygen atoms in total. The Kier molecular flexibility index (Phi) is 6.67. The summed E-state index contributed by atoms with van der Waals surface area (Å²) in [5.41, 5.74) is 0.959. The molecule has 0 radical (unpaired) electrons. The minimum Gasteiger partial charge on any atom is -0.325 e. The van der Waals surface area contributed by atoms with Crippen LogP contribution in [0.4, 0.5) is 11.4 Å². The minimum atomic E-state index is -0.355. The van der Waals surface area contributed by atoms with Crippen LogP contribution < -0.4 is 19.6 Å². The number of nitrogens with zero attached hydrogens (tertiary/aromatic N) is 2. The van der Waals surface area contributed by atoms with E-state index in [4.69, 9.17) is 0 Å². The van der Waals surface area contributed by atoms with E-state index >= 15 is 0 Å². The van der Waals surface area contributed by atoms with Crippen molar-refractivity contribution >= 4 is 35.0 Å². The molecule has 4 amide bonds. The fraction of sp³-hybridized carbons (Fsp3) is 0.545. The molecule has 1 aromatic rings. The van der Waals surface area contributed by atoms with Crippen LogP contribution in [0.2, 0.25) is 0 Å². The predicted molar refractivity (Wildman–Crippen MR) is 112 cm³/mol. The van der Waals surface area contributed by atoms with Crippen LogP contribution in [-0.2, 0) is 19.2 Å². The minimum absolute atomic E-state index is 0.190. The van der Waals surface area contributed by atoms with Gasteiger partial charge in [-0.15, -0.1) is 0 Å². The average Bonchev–Trinajstić information content (AvgIpc) is 3.19. The van der Waals surface area contributed by atoms with Crippen LogP contribution >= 0.6 is 0 Å². The van der Waals surface area contributed by atoms with E-state index in [1.54, 1.807) is 24.3 Å². The van der Waals surface area contributed by atoms with Gasteiger partial charge >= 0.3 is 0 Å². The highest BCUT2D eigenvalue weighted by Crippen LogP contribution is 2.27. The first kappa shape index (κ1) is 22.1. The van der Waals surface area contributed by atoms with E-state index in [9.17, 15) is 19.2 Å². The second kappa shape index (κ2) is 9.06. The number of rotatable bonds is 8. The van der Waals surface area contributed by atoms with Crippen LogP contribution in [0.3, 0.4) is 0 Å². The third kappa shape index (κ3) is 3.77. The molecule has 0 aliphatic carbocycles. The van der Waals surface area contributed by atoms with Crippen LogP contribution in [0.1, 0.15) is 40.5 Å². The molecule has 2 heterocycles. The van der Waals surface area contributed by atoms with Gasteiger partial charge in [0.05, 0.1) is 50.4 Å². The largest absolute Gasteiger partial charge is 0.325 e. The first-order valence-electron chi connectivity index (χ1n) is 10.9. The molecule has 0 spiro atoms. The summed E-state index contributed by atoms with van der Waals surface area (Å²) in [6, 6.07) is 5.86. The third-order valence-corrected chi connectivity index (χ3v) is 6.46. The molecule has 0 aromatic heterocycles. The lowest BCUT2D eigenvalue weighted by molar-refractivity contribution is -0.911. The smallest absolute Gasteiger partial charge is 0.292 e. The summed E-state index contributed by atoms with van der Waals surface area (Å²) in [6.45, 7) is 11.1. The molecule has 2 N–H and O–H groups in total. The van der Waals surface area contributed by atoms with Gasteiger partial charge in [0.2, 0.25) is 11.8 Å². The van der Waals surface area contributed by atoms with Crippen LogP contribution in [-0.4, -0.2) is 61.9 Å². The Labute approximate surface area is 177 Å². The van der Waals surface area contributed by atoms with Gasteiger partial charge in [-0.3, -0.25) is 19.2 Å². The van der Waals surface area contributed by atoms with Crippen LogP contribution in [0, 0.1) is 0 Å². The van der Waals surface area contributed by atoms with E-state index in [1.165, 1.54) is 9.80 Å². The van der Waals surface area contributed by atoms with E-state index in [2.05, 4.69) is 0 Å². The molecular formula is C22H32N4O4+2. The van der Waals surface area contributed by atoms with Crippen molar-refractivity contribution in [2.75, 3.05) is 36.0 Å². The number of nitrogens with one attached hydrogen (secondary N) is 2. The number of quaternary nitrogens is 2. The molecule has 0 unspecified atom stereocenters. The van der Waals surface area contributed by atoms with Crippen molar-refractivity contribution in [2.24, 2.45) is 0 Å². The molecule has 162 valence electrons. The zero-order valence-electron chi connectivity index (χ0n) is 18.2. The quantitative estimate of drug-likeness (QED) is 0.522. The average molecular weight is 417 g/mol. The van der Waals surface area contributed by atoms with E-state index in [0.717, 1.165) is 36.0 Å². The lowest BCUT2D eigenvalue weighted by atomic mass is 10.2. The zero-order chi connectivity index (χ0) is 22.0. The van der Waals surface area contributed by atoms with Crippen LogP contribution in [0.5, 0.6) is 0 Å². The highest BCUT2D eigenvalue weighted by atomic mass is 16.2. The van der Waals surface area contributed by atoms with Gasteiger partial charge in [-0.25, -0.2) is 9.80 Å². The van der Waals surface area contributed by atoms with Crippen molar-refractivity contribution in [1.29, 1.82) is 0 Å². The summed E-state index contributed by atoms with van der Waals surface area (Å²) in [5.74, 6) is -0.804. The van der Waals surface area contributed by atoms with E-state index in [-0.39, 0.29) is 48.6 Å². The SMILES string of the molecule is CC[NH+](CC)[C@H]1CC(=O)N(c2ccc(N3C(=O)C[C@H]([NH+](CC)CC)C3=O)cc2)C1=O. The number of amides is 4. The van der Waals surface area contributed by atoms with Gasteiger partial charge in [0.15, 0.2) is 12.1 Å². The molecule has 0 bridgehead atoms. The van der Waals surface area contributed by atoms with Gasteiger partial charge in [-0.05, 0) is 52.0 Å². The molecule has 30 heavy (non-hydrogen) atoms. The first-order valence-corrected chi connectivity index (χ1v) is 10.9. The van der Waals surface area contributed by atoms with Crippen molar-refractivity contribution in [3.8, 4) is 0 Å². The Hall–Kier alpha value is -2.58. The lowest BCUT2D eigenvalue weighted by Crippen LogP contribution is -3.16. The topological polar surface area (TPSA) is 83.6 Å². The maximum absolute atomic E-state index is 12.9. The molecule has 3 rings (SSSR count). The highest BCUT2D eigenvalue weighted by molar-refractivity contribution is 6.23. The normalized spacial score (nSPS) is 22.3. The Bertz CT molecular complexity index is 761. The molecule has 2 atom stereocenters. The Morgan fingerprint density at radius 1 is 0.667 bits per heavy atom. The number of likely N-dealkylation sites (N-methyl/N-ethyl adjacent to an activating group) is 2. The van der Waals surface area contributed by atoms with E-state index in [1.807, 2.05) is 27.7 Å². The van der Waals surface area contributed by atoms with Crippen molar-refractivity contribution in [2.45, 2.75) is 52.6 Å². The summed E-state index contributed by atoms with van der Waals surface area (Å²) < 4.78 is 0. The fourth-order valence-electron chi connectivity index (χ4n) is 4.68. The maximum Gasteiger partial charge on any atom is 0.292 e. The summed E-state index contributed by atoms with van der Waals surface area (Å²) in [5, 5.41) is 0. The van der Waals surface area contributed by atoms with Gasteiger partial charge in [0, 0.05) is 0 Å². The first-order chi connectivity index (χ1) is 14.4. The summed E-state index contributed by atoms with van der Waals surface area (Å²) in [6.07, 6.45) is 0.407. The second-order valence-corrected chi connectivity index (χ2v) is 7.90. The summed E-state index contributed by atoms with van der Waals surface area (Å²) in [4.78, 5) is 55.4. The van der Waals surface area contributed by atoms with E-state index < -0.39 is 0 Å². The van der Waals surface area contributed by atoms with Crippen molar-refractivity contribution in [1.82, 2.24) is 0 Å². The highest BCUT2D eigenvalue weighted by Gasteiger charge is 2.46. The third-order valence-electron chi connectivity index (χ3n) is 6.46. The van der Waals surface area contributed by atoms with Gasteiger partial charge in [0.25, 0.3) is 11.8 Å². The summed E-state index contributed by atoms with van der Waals surface area (Å²) in [7, 11) is 0. The lowest BCUT2D eigenvalue weighted by Gasteiger charge is -2.22. The maximum atomic E-state index is 12.9. The van der Waals surface area contributed by atoms with Crippen molar-refractivity contribution in [3.05, 3.63) is 24.3 Å². The molecule has 0 saturated carbocycles. The monoisotopic (exact) mass is 416 g/mol. The van der Waals surface area contributed by atoms with Gasteiger partial charge in [0.1, 0.15) is 0 Å². The number of anilines is 2. The molecule has 2 aliphatic rings. The Balaban J connectivity index is 1.80. The number of hydrogen-bond donors (Lipinski definition) is 2. The molecule has 2 aliphatic heterocycles. The van der Waals surface area contributed by atoms with Crippen LogP contribution in [0.25, 0.3) is 0 Å². The summed E-state index contributed by atoms with van der Waals surface area (Å²) >= 11 is 0. The van der Waals surface area contributed by atoms with E-state index in [0.29, 0.717) is 11.4 Å². The molecular weight excluding hydrogens is 384 g/mol. The number of hydrogen-bond acceptors (Lipinski definition) is 4. The predicted octanol–water partition coefficient (Wildman–Crippen LogP) is -1.20. The molecule has 8 heteroatoms. The molecule has 2 fully saturated rings. The van der Waals surface area contributed by atoms with Gasteiger partial charge in [-0.1, -0.05) is 0 Å². The second-order valence-electron chi connectivity index (χ2n) is 7.90. The number of imide groups is 2. The molecule has 1 aromatic carbocycles. The van der Waals surface area contributed by atoms with Crippen LogP contribution in [0.15, 0.2) is 24.3 Å². The standard InChI is InChI=1S/C22H30N4O4/c1-5-23(6-2)17-13-19(27)25(21(17)29)15-9-11-16(12-10-15)26-20(28)14-18(22(26)30)24(7-3)8-4/h9-12,17-18H,5-8,13-14H2,1-4H3/p+2/t17-,18-/m0/s1.